The molecular formula is C17H32O4Si. The molecule has 0 bridgehead atoms. The van der Waals surface area contributed by atoms with Crippen molar-refractivity contribution in [2.24, 2.45) is 5.92 Å². The Morgan fingerprint density at radius 2 is 1.91 bits per heavy atom. The van der Waals surface area contributed by atoms with Crippen LogP contribution in [0.25, 0.3) is 0 Å². The predicted octanol–water partition coefficient (Wildman–Crippen LogP) is 3.51. The monoisotopic (exact) mass is 328 g/mol. The summed E-state index contributed by atoms with van der Waals surface area (Å²) in [5, 5.41) is 0. The maximum absolute atomic E-state index is 11.9. The standard InChI is InChI=1S/C17H32O4Si/c1-5-7-8-9-10-11-14(22-21-17(3,4)6-2)13-12-15(18)20-16(13)19/h13-14H,5-12,22H2,1-4H3. The highest BCUT2D eigenvalue weighted by Gasteiger charge is 2.39. The van der Waals surface area contributed by atoms with Gasteiger partial charge in [-0.3, -0.25) is 9.59 Å². The summed E-state index contributed by atoms with van der Waals surface area (Å²) in [5.41, 5.74) is 0.102. The largest absolute Gasteiger partial charge is 0.419 e. The number of hydrogen-bond acceptors (Lipinski definition) is 4. The number of rotatable bonds is 11. The van der Waals surface area contributed by atoms with Gasteiger partial charge in [-0.05, 0) is 25.8 Å². The minimum Gasteiger partial charge on any atom is -0.419 e. The van der Waals surface area contributed by atoms with Crippen LogP contribution in [0.15, 0.2) is 0 Å². The van der Waals surface area contributed by atoms with Gasteiger partial charge in [0.05, 0.1) is 12.3 Å². The third-order valence-electron chi connectivity index (χ3n) is 4.69. The lowest BCUT2D eigenvalue weighted by molar-refractivity contribution is -0.153. The van der Waals surface area contributed by atoms with Crippen LogP contribution >= 0.6 is 0 Å². The van der Waals surface area contributed by atoms with E-state index in [0.29, 0.717) is 0 Å². The molecule has 0 amide bonds. The number of carbonyl (C=O) groups excluding carboxylic acids is 2. The summed E-state index contributed by atoms with van der Waals surface area (Å²) in [6.07, 6.45) is 8.26. The molecule has 2 atom stereocenters. The van der Waals surface area contributed by atoms with Gasteiger partial charge in [0.2, 0.25) is 0 Å². The molecule has 0 radical (unpaired) electrons. The first-order chi connectivity index (χ1) is 10.4. The van der Waals surface area contributed by atoms with Crippen molar-refractivity contribution in [3.63, 3.8) is 0 Å². The van der Waals surface area contributed by atoms with Crippen LogP contribution in [0.4, 0.5) is 0 Å². The number of carbonyl (C=O) groups is 2. The van der Waals surface area contributed by atoms with E-state index in [4.69, 9.17) is 9.16 Å². The van der Waals surface area contributed by atoms with Crippen molar-refractivity contribution in [3.05, 3.63) is 0 Å². The van der Waals surface area contributed by atoms with Crippen molar-refractivity contribution >= 4 is 21.7 Å². The number of ether oxygens (including phenoxy) is 1. The second-order valence-corrected chi connectivity index (χ2v) is 8.66. The molecule has 0 aliphatic carbocycles. The molecule has 5 heteroatoms. The first-order valence-electron chi connectivity index (χ1n) is 8.78. The summed E-state index contributed by atoms with van der Waals surface area (Å²) >= 11 is 0. The Hall–Kier alpha value is -0.683. The molecule has 22 heavy (non-hydrogen) atoms. The van der Waals surface area contributed by atoms with Crippen molar-refractivity contribution in [2.75, 3.05) is 0 Å². The van der Waals surface area contributed by atoms with Crippen molar-refractivity contribution in [3.8, 4) is 0 Å². The molecule has 1 heterocycles. The Balaban J connectivity index is 2.53. The lowest BCUT2D eigenvalue weighted by atomic mass is 9.98. The lowest BCUT2D eigenvalue weighted by Crippen LogP contribution is -2.30. The van der Waals surface area contributed by atoms with E-state index in [1.54, 1.807) is 0 Å². The average molecular weight is 329 g/mol. The number of unbranched alkanes of at least 4 members (excludes halogenated alkanes) is 4. The van der Waals surface area contributed by atoms with Gasteiger partial charge in [-0.2, -0.15) is 0 Å². The highest BCUT2D eigenvalue weighted by Crippen LogP contribution is 2.33. The van der Waals surface area contributed by atoms with Gasteiger partial charge < -0.3 is 9.16 Å². The van der Waals surface area contributed by atoms with E-state index in [1.807, 2.05) is 0 Å². The molecule has 1 rings (SSSR count). The zero-order valence-electron chi connectivity index (χ0n) is 14.7. The zero-order valence-corrected chi connectivity index (χ0v) is 16.1. The first-order valence-corrected chi connectivity index (χ1v) is 10.2. The molecule has 1 aliphatic heterocycles. The summed E-state index contributed by atoms with van der Waals surface area (Å²) in [4.78, 5) is 23.3. The Kier molecular flexibility index (Phi) is 8.32. The summed E-state index contributed by atoms with van der Waals surface area (Å²) < 4.78 is 10.9. The van der Waals surface area contributed by atoms with Crippen LogP contribution in [-0.4, -0.2) is 27.3 Å². The summed E-state index contributed by atoms with van der Waals surface area (Å²) in [7, 11) is -0.866. The Morgan fingerprint density at radius 1 is 1.23 bits per heavy atom. The first kappa shape index (κ1) is 19.4. The van der Waals surface area contributed by atoms with Gasteiger partial charge in [-0.1, -0.05) is 52.4 Å². The molecule has 2 unspecified atom stereocenters. The average Bonchev–Trinajstić information content (AvgIpc) is 2.80. The zero-order chi connectivity index (χ0) is 16.6. The summed E-state index contributed by atoms with van der Waals surface area (Å²) in [5.74, 6) is -0.943. The molecule has 0 aromatic heterocycles. The normalized spacial score (nSPS) is 20.8. The van der Waals surface area contributed by atoms with Crippen molar-refractivity contribution < 1.29 is 18.8 Å². The van der Waals surface area contributed by atoms with Gasteiger partial charge in [-0.15, -0.1) is 0 Å². The van der Waals surface area contributed by atoms with Crippen LogP contribution < -0.4 is 0 Å². The van der Waals surface area contributed by atoms with Gasteiger partial charge >= 0.3 is 11.9 Å². The molecule has 0 N–H and O–H groups in total. The summed E-state index contributed by atoms with van der Waals surface area (Å²) in [6.45, 7) is 8.50. The smallest absolute Gasteiger partial charge is 0.317 e. The van der Waals surface area contributed by atoms with Gasteiger partial charge in [-0.25, -0.2) is 0 Å². The van der Waals surface area contributed by atoms with E-state index in [0.717, 1.165) is 19.3 Å². The van der Waals surface area contributed by atoms with Crippen LogP contribution in [0, 0.1) is 5.92 Å². The van der Waals surface area contributed by atoms with Crippen LogP contribution in [0.3, 0.4) is 0 Å². The van der Waals surface area contributed by atoms with Crippen molar-refractivity contribution in [2.45, 2.75) is 90.2 Å². The summed E-state index contributed by atoms with van der Waals surface area (Å²) in [6, 6.07) is 0. The second-order valence-electron chi connectivity index (χ2n) is 6.99. The Morgan fingerprint density at radius 3 is 2.45 bits per heavy atom. The minimum atomic E-state index is -0.866. The van der Waals surface area contributed by atoms with E-state index in [-0.39, 0.29) is 35.4 Å². The van der Waals surface area contributed by atoms with E-state index >= 15 is 0 Å². The molecule has 1 fully saturated rings. The van der Waals surface area contributed by atoms with Gasteiger partial charge in [0.25, 0.3) is 0 Å². The van der Waals surface area contributed by atoms with Gasteiger partial charge in [0, 0.05) is 5.60 Å². The fraction of sp³-hybridized carbons (Fsp3) is 0.882. The van der Waals surface area contributed by atoms with E-state index in [1.165, 1.54) is 25.7 Å². The van der Waals surface area contributed by atoms with E-state index in [9.17, 15) is 9.59 Å². The van der Waals surface area contributed by atoms with Crippen LogP contribution in [0.1, 0.15) is 79.1 Å². The van der Waals surface area contributed by atoms with Crippen LogP contribution in [-0.2, 0) is 18.8 Å². The maximum atomic E-state index is 11.9. The SMILES string of the molecule is CCCCCCCC([SiH2]OC(C)(C)CC)C1CC(=O)OC1=O. The molecule has 0 spiro atoms. The maximum Gasteiger partial charge on any atom is 0.317 e. The minimum absolute atomic E-state index is 0.126. The topological polar surface area (TPSA) is 52.6 Å². The van der Waals surface area contributed by atoms with Gasteiger partial charge in [0.1, 0.15) is 0 Å². The number of esters is 2. The van der Waals surface area contributed by atoms with Crippen LogP contribution in [0.5, 0.6) is 0 Å². The van der Waals surface area contributed by atoms with Crippen molar-refractivity contribution in [1.29, 1.82) is 0 Å². The third-order valence-corrected chi connectivity index (χ3v) is 7.04. The van der Waals surface area contributed by atoms with Crippen molar-refractivity contribution in [1.82, 2.24) is 0 Å². The molecule has 1 saturated heterocycles. The molecular weight excluding hydrogens is 296 g/mol. The predicted molar refractivity (Wildman–Crippen MR) is 90.3 cm³/mol. The van der Waals surface area contributed by atoms with Gasteiger partial charge in [0.15, 0.2) is 9.76 Å². The quantitative estimate of drug-likeness (QED) is 0.252. The highest BCUT2D eigenvalue weighted by atomic mass is 28.2. The van der Waals surface area contributed by atoms with E-state index in [2.05, 4.69) is 27.7 Å². The highest BCUT2D eigenvalue weighted by molar-refractivity contribution is 6.31. The molecule has 4 nitrogen and oxygen atoms in total. The molecule has 128 valence electrons. The number of hydrogen-bond donors (Lipinski definition) is 0. The lowest BCUT2D eigenvalue weighted by Gasteiger charge is -2.28. The fourth-order valence-corrected chi connectivity index (χ4v) is 4.61. The Bertz CT molecular complexity index is 368. The molecule has 1 aliphatic rings. The fourth-order valence-electron chi connectivity index (χ4n) is 2.70. The number of cyclic esters (lactones) is 2. The second kappa shape index (κ2) is 9.45. The third kappa shape index (κ3) is 6.61. The van der Waals surface area contributed by atoms with E-state index < -0.39 is 9.76 Å². The Labute approximate surface area is 137 Å². The molecule has 0 saturated carbocycles. The molecule has 0 aromatic rings. The van der Waals surface area contributed by atoms with Crippen LogP contribution in [0.2, 0.25) is 5.54 Å². The molecule has 0 aromatic carbocycles.